The summed E-state index contributed by atoms with van der Waals surface area (Å²) in [4.78, 5) is 25.8. The van der Waals surface area contributed by atoms with Crippen molar-refractivity contribution in [1.29, 1.82) is 0 Å². The summed E-state index contributed by atoms with van der Waals surface area (Å²) in [6, 6.07) is 8.95. The maximum Gasteiger partial charge on any atom is 0.331 e. The topological polar surface area (TPSA) is 117 Å². The lowest BCUT2D eigenvalue weighted by molar-refractivity contribution is -0.143. The number of carboxylic acids is 1. The van der Waals surface area contributed by atoms with E-state index in [2.05, 4.69) is 4.72 Å². The van der Waals surface area contributed by atoms with Gasteiger partial charge >= 0.3 is 5.97 Å². The Morgan fingerprint density at radius 1 is 1.27 bits per heavy atom. The molecule has 2 heterocycles. The van der Waals surface area contributed by atoms with Crippen LogP contribution in [0.1, 0.15) is 33.5 Å². The monoisotopic (exact) mass is 378 g/mol. The third-order valence-electron chi connectivity index (χ3n) is 4.16. The number of fused-ring (bicyclic) bond motifs is 1. The summed E-state index contributed by atoms with van der Waals surface area (Å²) in [5.74, 6) is -1.42. The van der Waals surface area contributed by atoms with E-state index in [4.69, 9.17) is 4.42 Å². The fourth-order valence-electron chi connectivity index (χ4n) is 2.98. The Hall–Kier alpha value is -2.65. The molecule has 1 aromatic carbocycles. The molecule has 138 valence electrons. The molecule has 9 heteroatoms. The van der Waals surface area contributed by atoms with E-state index in [-0.39, 0.29) is 24.6 Å². The van der Waals surface area contributed by atoms with Crippen LogP contribution in [-0.2, 0) is 27.8 Å². The van der Waals surface area contributed by atoms with Gasteiger partial charge in [-0.05, 0) is 29.7 Å². The molecule has 0 radical (unpaired) electrons. The van der Waals surface area contributed by atoms with Crippen LogP contribution in [0.4, 0.5) is 0 Å². The standard InChI is InChI=1S/C17H18N2O6S/c1-26(23,24)18-10-12-6-7-14(25-12)16(20)19-9-8-11-4-2-3-5-13(11)15(19)17(21)22/h2-7,15,18H,8-10H2,1H3,(H,21,22). The lowest BCUT2D eigenvalue weighted by Gasteiger charge is -2.34. The predicted molar refractivity (Wildman–Crippen MR) is 92.0 cm³/mol. The minimum absolute atomic E-state index is 0.0269. The summed E-state index contributed by atoms with van der Waals surface area (Å²) in [6.07, 6.45) is 1.57. The van der Waals surface area contributed by atoms with Crippen LogP contribution in [0.25, 0.3) is 0 Å². The number of amides is 1. The molecule has 1 aliphatic heterocycles. The first-order chi connectivity index (χ1) is 12.3. The highest BCUT2D eigenvalue weighted by Crippen LogP contribution is 2.31. The van der Waals surface area contributed by atoms with E-state index in [0.717, 1.165) is 11.8 Å². The van der Waals surface area contributed by atoms with Gasteiger partial charge < -0.3 is 14.4 Å². The number of nitrogens with zero attached hydrogens (tertiary/aromatic N) is 1. The van der Waals surface area contributed by atoms with E-state index in [9.17, 15) is 23.1 Å². The third kappa shape index (κ3) is 3.78. The minimum atomic E-state index is -3.39. The van der Waals surface area contributed by atoms with Gasteiger partial charge in [0.1, 0.15) is 5.76 Å². The molecule has 3 rings (SSSR count). The molecular weight excluding hydrogens is 360 g/mol. The average molecular weight is 378 g/mol. The molecule has 1 amide bonds. The van der Waals surface area contributed by atoms with Gasteiger partial charge in [0, 0.05) is 6.54 Å². The van der Waals surface area contributed by atoms with E-state index in [1.807, 2.05) is 12.1 Å². The maximum atomic E-state index is 12.8. The summed E-state index contributed by atoms with van der Waals surface area (Å²) in [6.45, 7) is 0.168. The SMILES string of the molecule is CS(=O)(=O)NCc1ccc(C(=O)N2CCc3ccccc3C2C(=O)O)o1. The highest BCUT2D eigenvalue weighted by molar-refractivity contribution is 7.88. The van der Waals surface area contributed by atoms with Crippen molar-refractivity contribution >= 4 is 21.9 Å². The van der Waals surface area contributed by atoms with Crippen molar-refractivity contribution in [2.75, 3.05) is 12.8 Å². The van der Waals surface area contributed by atoms with Crippen molar-refractivity contribution < 1.29 is 27.5 Å². The van der Waals surface area contributed by atoms with Gasteiger partial charge in [-0.25, -0.2) is 17.9 Å². The number of hydrogen-bond donors (Lipinski definition) is 2. The summed E-state index contributed by atoms with van der Waals surface area (Å²) >= 11 is 0. The summed E-state index contributed by atoms with van der Waals surface area (Å²) in [5.41, 5.74) is 1.49. The Bertz CT molecular complexity index is 950. The molecule has 0 fully saturated rings. The molecule has 8 nitrogen and oxygen atoms in total. The van der Waals surface area contributed by atoms with Crippen LogP contribution in [0, 0.1) is 0 Å². The predicted octanol–water partition coefficient (Wildman–Crippen LogP) is 1.15. The van der Waals surface area contributed by atoms with Crippen molar-refractivity contribution in [3.8, 4) is 0 Å². The Balaban J connectivity index is 1.83. The van der Waals surface area contributed by atoms with Crippen LogP contribution in [0.3, 0.4) is 0 Å². The lowest BCUT2D eigenvalue weighted by Crippen LogP contribution is -2.43. The highest BCUT2D eigenvalue weighted by atomic mass is 32.2. The molecule has 0 saturated carbocycles. The fraction of sp³-hybridized carbons (Fsp3) is 0.294. The average Bonchev–Trinajstić information content (AvgIpc) is 3.06. The van der Waals surface area contributed by atoms with Gasteiger partial charge in [-0.15, -0.1) is 0 Å². The van der Waals surface area contributed by atoms with Crippen LogP contribution in [-0.4, -0.2) is 43.1 Å². The minimum Gasteiger partial charge on any atom is -0.479 e. The number of rotatable bonds is 5. The van der Waals surface area contributed by atoms with Crippen molar-refractivity contribution in [2.45, 2.75) is 19.0 Å². The first-order valence-electron chi connectivity index (χ1n) is 7.91. The van der Waals surface area contributed by atoms with E-state index < -0.39 is 27.9 Å². The number of sulfonamides is 1. The van der Waals surface area contributed by atoms with E-state index >= 15 is 0 Å². The Morgan fingerprint density at radius 3 is 2.69 bits per heavy atom. The molecule has 26 heavy (non-hydrogen) atoms. The summed E-state index contributed by atoms with van der Waals surface area (Å²) < 4.78 is 29.9. The molecule has 2 N–H and O–H groups in total. The number of nitrogens with one attached hydrogen (secondary N) is 1. The number of carbonyl (C=O) groups is 2. The van der Waals surface area contributed by atoms with Crippen molar-refractivity contribution in [3.05, 3.63) is 59.0 Å². The Kier molecular flexibility index (Phi) is 4.84. The van der Waals surface area contributed by atoms with Crippen LogP contribution in [0.2, 0.25) is 0 Å². The molecular formula is C17H18N2O6S. The molecule has 2 aromatic rings. The van der Waals surface area contributed by atoms with E-state index in [1.54, 1.807) is 12.1 Å². The summed E-state index contributed by atoms with van der Waals surface area (Å²) in [7, 11) is -3.39. The van der Waals surface area contributed by atoms with Gasteiger partial charge in [0.05, 0.1) is 12.8 Å². The Morgan fingerprint density at radius 2 is 2.00 bits per heavy atom. The molecule has 0 spiro atoms. The van der Waals surface area contributed by atoms with Gasteiger partial charge in [-0.3, -0.25) is 4.79 Å². The van der Waals surface area contributed by atoms with Gasteiger partial charge in [-0.1, -0.05) is 24.3 Å². The molecule has 0 bridgehead atoms. The third-order valence-corrected chi connectivity index (χ3v) is 4.83. The van der Waals surface area contributed by atoms with Gasteiger partial charge in [-0.2, -0.15) is 0 Å². The van der Waals surface area contributed by atoms with E-state index in [0.29, 0.717) is 12.0 Å². The largest absolute Gasteiger partial charge is 0.479 e. The second-order valence-electron chi connectivity index (χ2n) is 6.05. The fourth-order valence-corrected chi connectivity index (χ4v) is 3.39. The number of carboxylic acid groups (broad SMARTS) is 1. The molecule has 0 aliphatic carbocycles. The Labute approximate surface area is 150 Å². The number of furan rings is 1. The zero-order valence-corrected chi connectivity index (χ0v) is 14.8. The second kappa shape index (κ2) is 6.93. The van der Waals surface area contributed by atoms with Gasteiger partial charge in [0.25, 0.3) is 5.91 Å². The number of benzene rings is 1. The number of hydrogen-bond acceptors (Lipinski definition) is 5. The molecule has 1 atom stereocenters. The number of carbonyl (C=O) groups excluding carboxylic acids is 1. The van der Waals surface area contributed by atoms with Crippen LogP contribution < -0.4 is 4.72 Å². The zero-order chi connectivity index (χ0) is 18.9. The highest BCUT2D eigenvalue weighted by Gasteiger charge is 2.37. The molecule has 1 aliphatic rings. The van der Waals surface area contributed by atoms with Crippen molar-refractivity contribution in [3.63, 3.8) is 0 Å². The van der Waals surface area contributed by atoms with Gasteiger partial charge in [0.15, 0.2) is 11.8 Å². The van der Waals surface area contributed by atoms with Crippen molar-refractivity contribution in [1.82, 2.24) is 9.62 Å². The first-order valence-corrected chi connectivity index (χ1v) is 9.80. The van der Waals surface area contributed by atoms with E-state index in [1.165, 1.54) is 17.0 Å². The molecule has 1 aromatic heterocycles. The maximum absolute atomic E-state index is 12.8. The quantitative estimate of drug-likeness (QED) is 0.806. The molecule has 1 unspecified atom stereocenters. The number of aliphatic carboxylic acids is 1. The van der Waals surface area contributed by atoms with Crippen molar-refractivity contribution in [2.24, 2.45) is 0 Å². The van der Waals surface area contributed by atoms with Crippen LogP contribution in [0.5, 0.6) is 0 Å². The van der Waals surface area contributed by atoms with Gasteiger partial charge in [0.2, 0.25) is 10.0 Å². The lowest BCUT2D eigenvalue weighted by atomic mass is 9.92. The smallest absolute Gasteiger partial charge is 0.331 e. The molecule has 0 saturated heterocycles. The van der Waals surface area contributed by atoms with Crippen LogP contribution >= 0.6 is 0 Å². The zero-order valence-electron chi connectivity index (χ0n) is 14.0. The second-order valence-corrected chi connectivity index (χ2v) is 7.88. The first kappa shape index (κ1) is 18.2. The van der Waals surface area contributed by atoms with Crippen LogP contribution in [0.15, 0.2) is 40.8 Å². The normalized spacial score (nSPS) is 17.0. The summed E-state index contributed by atoms with van der Waals surface area (Å²) in [5, 5.41) is 9.63.